The normalized spacial score (nSPS) is 13.7. The van der Waals surface area contributed by atoms with E-state index in [2.05, 4.69) is 35.0 Å². The number of rotatable bonds is 6. The summed E-state index contributed by atoms with van der Waals surface area (Å²) in [6, 6.07) is 15.6. The van der Waals surface area contributed by atoms with Gasteiger partial charge in [0.05, 0.1) is 7.11 Å². The largest absolute Gasteiger partial charge is 0.494 e. The topological polar surface area (TPSA) is 9.23 Å². The number of ether oxygens (including phenoxy) is 1. The van der Waals surface area contributed by atoms with Crippen molar-refractivity contribution in [2.45, 2.75) is 25.2 Å². The van der Waals surface area contributed by atoms with Crippen molar-refractivity contribution < 1.29 is 9.13 Å². The predicted octanol–water partition coefficient (Wildman–Crippen LogP) is 5.12. The maximum Gasteiger partial charge on any atom is 0.168 e. The molecular formula is C18H20BrFO. The molecule has 0 fully saturated rings. The molecule has 0 aliphatic heterocycles. The molecule has 21 heavy (non-hydrogen) atoms. The SMILES string of the molecule is CCC(CBr)(Cc1cccc(OC)c1F)c1ccccc1. The molecule has 0 aliphatic rings. The number of hydrogen-bond donors (Lipinski definition) is 0. The van der Waals surface area contributed by atoms with Gasteiger partial charge in [0.15, 0.2) is 11.6 Å². The van der Waals surface area contributed by atoms with E-state index in [4.69, 9.17) is 4.74 Å². The molecule has 1 nitrogen and oxygen atoms in total. The summed E-state index contributed by atoms with van der Waals surface area (Å²) in [4.78, 5) is 0. The molecule has 0 heterocycles. The number of alkyl halides is 1. The summed E-state index contributed by atoms with van der Waals surface area (Å²) in [5, 5.41) is 0.789. The Morgan fingerprint density at radius 3 is 2.38 bits per heavy atom. The highest BCUT2D eigenvalue weighted by molar-refractivity contribution is 9.09. The lowest BCUT2D eigenvalue weighted by Crippen LogP contribution is -2.30. The van der Waals surface area contributed by atoms with Gasteiger partial charge >= 0.3 is 0 Å². The quantitative estimate of drug-likeness (QED) is 0.657. The summed E-state index contributed by atoms with van der Waals surface area (Å²) in [5.74, 6) is 0.0508. The molecule has 0 spiro atoms. The molecule has 1 unspecified atom stereocenters. The number of hydrogen-bond acceptors (Lipinski definition) is 1. The van der Waals surface area contributed by atoms with Crippen LogP contribution in [0.1, 0.15) is 24.5 Å². The van der Waals surface area contributed by atoms with Gasteiger partial charge in [-0.2, -0.15) is 0 Å². The third-order valence-electron chi connectivity index (χ3n) is 4.11. The molecule has 2 rings (SSSR count). The van der Waals surface area contributed by atoms with E-state index in [1.807, 2.05) is 30.3 Å². The van der Waals surface area contributed by atoms with Gasteiger partial charge < -0.3 is 4.74 Å². The maximum atomic E-state index is 14.5. The van der Waals surface area contributed by atoms with E-state index >= 15 is 0 Å². The highest BCUT2D eigenvalue weighted by atomic mass is 79.9. The zero-order valence-corrected chi connectivity index (χ0v) is 14.0. The number of halogens is 2. The second-order valence-corrected chi connectivity index (χ2v) is 5.80. The second-order valence-electron chi connectivity index (χ2n) is 5.24. The van der Waals surface area contributed by atoms with Crippen LogP contribution < -0.4 is 4.74 Å². The molecule has 0 N–H and O–H groups in total. The lowest BCUT2D eigenvalue weighted by Gasteiger charge is -2.32. The van der Waals surface area contributed by atoms with Gasteiger partial charge in [-0.25, -0.2) is 4.39 Å². The van der Waals surface area contributed by atoms with E-state index in [0.717, 1.165) is 11.8 Å². The molecule has 0 aliphatic carbocycles. The average Bonchev–Trinajstić information content (AvgIpc) is 2.55. The van der Waals surface area contributed by atoms with Crippen LogP contribution in [0, 0.1) is 5.82 Å². The summed E-state index contributed by atoms with van der Waals surface area (Å²) in [7, 11) is 1.50. The Labute approximate surface area is 134 Å². The zero-order valence-electron chi connectivity index (χ0n) is 12.4. The summed E-state index contributed by atoms with van der Waals surface area (Å²) >= 11 is 3.63. The fourth-order valence-electron chi connectivity index (χ4n) is 2.66. The van der Waals surface area contributed by atoms with Crippen molar-refractivity contribution in [3.8, 4) is 5.75 Å². The Hall–Kier alpha value is -1.35. The summed E-state index contributed by atoms with van der Waals surface area (Å²) in [6.45, 7) is 2.15. The number of methoxy groups -OCH3 is 1. The molecule has 0 saturated carbocycles. The van der Waals surface area contributed by atoms with E-state index in [1.54, 1.807) is 6.07 Å². The summed E-state index contributed by atoms with van der Waals surface area (Å²) in [5.41, 5.74) is 1.81. The Morgan fingerprint density at radius 1 is 1.10 bits per heavy atom. The van der Waals surface area contributed by atoms with Crippen molar-refractivity contribution in [2.75, 3.05) is 12.4 Å². The first kappa shape index (κ1) is 16.0. The van der Waals surface area contributed by atoms with Crippen LogP contribution in [0.4, 0.5) is 4.39 Å². The van der Waals surface area contributed by atoms with Gasteiger partial charge in [-0.05, 0) is 30.0 Å². The van der Waals surface area contributed by atoms with Crippen LogP contribution in [0.5, 0.6) is 5.75 Å². The molecule has 3 heteroatoms. The maximum absolute atomic E-state index is 14.5. The van der Waals surface area contributed by atoms with Crippen molar-refractivity contribution in [3.63, 3.8) is 0 Å². The molecule has 0 saturated heterocycles. The van der Waals surface area contributed by atoms with E-state index in [9.17, 15) is 4.39 Å². The first-order chi connectivity index (χ1) is 10.2. The van der Waals surface area contributed by atoms with Crippen LogP contribution in [-0.2, 0) is 11.8 Å². The van der Waals surface area contributed by atoms with Crippen molar-refractivity contribution in [1.82, 2.24) is 0 Å². The van der Waals surface area contributed by atoms with E-state index in [0.29, 0.717) is 17.7 Å². The molecule has 0 bridgehead atoms. The first-order valence-electron chi connectivity index (χ1n) is 7.09. The van der Waals surface area contributed by atoms with Crippen LogP contribution in [0.25, 0.3) is 0 Å². The highest BCUT2D eigenvalue weighted by Gasteiger charge is 2.30. The van der Waals surface area contributed by atoms with Gasteiger partial charge in [0.25, 0.3) is 0 Å². The van der Waals surface area contributed by atoms with Gasteiger partial charge in [-0.1, -0.05) is 65.3 Å². The standard InChI is InChI=1S/C18H20BrFO/c1-3-18(13-19,15-9-5-4-6-10-15)12-14-8-7-11-16(21-2)17(14)20/h4-11H,3,12-13H2,1-2H3. The van der Waals surface area contributed by atoms with Crippen LogP contribution in [0.3, 0.4) is 0 Å². The van der Waals surface area contributed by atoms with Gasteiger partial charge in [0.2, 0.25) is 0 Å². The van der Waals surface area contributed by atoms with E-state index in [1.165, 1.54) is 12.7 Å². The Bertz CT molecular complexity index is 579. The van der Waals surface area contributed by atoms with Gasteiger partial charge in [-0.15, -0.1) is 0 Å². The fraction of sp³-hybridized carbons (Fsp3) is 0.333. The van der Waals surface area contributed by atoms with Crippen molar-refractivity contribution >= 4 is 15.9 Å². The van der Waals surface area contributed by atoms with Crippen molar-refractivity contribution in [2.24, 2.45) is 0 Å². The second kappa shape index (κ2) is 7.08. The Balaban J connectivity index is 2.42. The van der Waals surface area contributed by atoms with Crippen molar-refractivity contribution in [3.05, 3.63) is 65.5 Å². The summed E-state index contributed by atoms with van der Waals surface area (Å²) in [6.07, 6.45) is 1.57. The fourth-order valence-corrected chi connectivity index (χ4v) is 3.58. The Kier molecular flexibility index (Phi) is 5.40. The van der Waals surface area contributed by atoms with E-state index < -0.39 is 0 Å². The number of benzene rings is 2. The molecule has 1 atom stereocenters. The van der Waals surface area contributed by atoms with Gasteiger partial charge in [0, 0.05) is 10.7 Å². The minimum Gasteiger partial charge on any atom is -0.494 e. The van der Waals surface area contributed by atoms with Gasteiger partial charge in [0.1, 0.15) is 0 Å². The first-order valence-corrected chi connectivity index (χ1v) is 8.22. The van der Waals surface area contributed by atoms with E-state index in [-0.39, 0.29) is 11.2 Å². The third-order valence-corrected chi connectivity index (χ3v) is 5.18. The van der Waals surface area contributed by atoms with Gasteiger partial charge in [-0.3, -0.25) is 0 Å². The molecule has 0 aromatic heterocycles. The smallest absolute Gasteiger partial charge is 0.168 e. The molecule has 2 aromatic rings. The van der Waals surface area contributed by atoms with Crippen LogP contribution >= 0.6 is 15.9 Å². The minimum atomic E-state index is -0.255. The molecule has 0 amide bonds. The molecular weight excluding hydrogens is 331 g/mol. The zero-order chi connectivity index (χ0) is 15.3. The lowest BCUT2D eigenvalue weighted by atomic mass is 9.75. The van der Waals surface area contributed by atoms with Crippen molar-refractivity contribution in [1.29, 1.82) is 0 Å². The molecule has 112 valence electrons. The third kappa shape index (κ3) is 3.29. The predicted molar refractivity (Wildman–Crippen MR) is 88.9 cm³/mol. The Morgan fingerprint density at radius 2 is 1.81 bits per heavy atom. The minimum absolute atomic E-state index is 0.117. The highest BCUT2D eigenvalue weighted by Crippen LogP contribution is 2.35. The molecule has 0 radical (unpaired) electrons. The summed E-state index contributed by atoms with van der Waals surface area (Å²) < 4.78 is 19.5. The monoisotopic (exact) mass is 350 g/mol. The van der Waals surface area contributed by atoms with Crippen LogP contribution in [0.2, 0.25) is 0 Å². The lowest BCUT2D eigenvalue weighted by molar-refractivity contribution is 0.379. The van der Waals surface area contributed by atoms with Crippen LogP contribution in [0.15, 0.2) is 48.5 Å². The van der Waals surface area contributed by atoms with Crippen LogP contribution in [-0.4, -0.2) is 12.4 Å². The molecule has 2 aromatic carbocycles. The average molecular weight is 351 g/mol.